The third kappa shape index (κ3) is 2.05. The number of nitrogens with one attached hydrogen (secondary N) is 3. The van der Waals surface area contributed by atoms with Gasteiger partial charge in [0.1, 0.15) is 0 Å². The van der Waals surface area contributed by atoms with Crippen LogP contribution in [-0.2, 0) is 0 Å². The maximum Gasteiger partial charge on any atom is 0.251 e. The Bertz CT molecular complexity index is 913. The second-order valence-electron chi connectivity index (χ2n) is 6.86. The summed E-state index contributed by atoms with van der Waals surface area (Å²) in [5.41, 5.74) is 2.92. The first-order valence-electron chi connectivity index (χ1n) is 8.32. The molecule has 2 aliphatic rings. The summed E-state index contributed by atoms with van der Waals surface area (Å²) in [6.45, 7) is 1.11. The van der Waals surface area contributed by atoms with Gasteiger partial charge < -0.3 is 15.6 Å². The van der Waals surface area contributed by atoms with Crippen molar-refractivity contribution in [3.8, 4) is 0 Å². The first-order chi connectivity index (χ1) is 11.3. The van der Waals surface area contributed by atoms with Crippen LogP contribution in [-0.4, -0.2) is 29.5 Å². The number of H-pyrrole nitrogens is 1. The van der Waals surface area contributed by atoms with Gasteiger partial charge in [0.05, 0.1) is 0 Å². The number of carbonyl (C=O) groups excluding carboxylic acids is 1. The summed E-state index contributed by atoms with van der Waals surface area (Å²) >= 11 is 0. The number of benzene rings is 2. The highest BCUT2D eigenvalue weighted by Crippen LogP contribution is 2.31. The van der Waals surface area contributed by atoms with Gasteiger partial charge in [0.2, 0.25) is 0 Å². The maximum atomic E-state index is 12.6. The number of carbonyl (C=O) groups is 1. The minimum absolute atomic E-state index is 0.0385. The fraction of sp³-hybridized carbons (Fsp3) is 0.316. The molecule has 5 rings (SSSR count). The quantitative estimate of drug-likeness (QED) is 0.682. The van der Waals surface area contributed by atoms with E-state index < -0.39 is 0 Å². The number of hydrogen-bond acceptors (Lipinski definition) is 2. The molecule has 3 aromatic rings. The molecule has 2 heterocycles. The Hall–Kier alpha value is -2.33. The van der Waals surface area contributed by atoms with Gasteiger partial charge in [-0.1, -0.05) is 18.2 Å². The lowest BCUT2D eigenvalue weighted by Gasteiger charge is -2.24. The molecule has 1 saturated heterocycles. The number of aromatic nitrogens is 1. The Labute approximate surface area is 134 Å². The number of fused-ring (bicyclic) bond motifs is 5. The van der Waals surface area contributed by atoms with E-state index in [1.807, 2.05) is 30.3 Å². The van der Waals surface area contributed by atoms with Crippen LogP contribution in [0.2, 0.25) is 0 Å². The van der Waals surface area contributed by atoms with Crippen LogP contribution in [0.1, 0.15) is 23.2 Å². The van der Waals surface area contributed by atoms with E-state index in [1.165, 1.54) is 11.8 Å². The van der Waals surface area contributed by atoms with Crippen LogP contribution in [0.25, 0.3) is 21.8 Å². The second kappa shape index (κ2) is 4.83. The van der Waals surface area contributed by atoms with Crippen LogP contribution in [0.4, 0.5) is 0 Å². The fourth-order valence-corrected chi connectivity index (χ4v) is 4.25. The molecular formula is C19H19N3O. The van der Waals surface area contributed by atoms with Gasteiger partial charge in [-0.25, -0.2) is 0 Å². The van der Waals surface area contributed by atoms with E-state index in [0.717, 1.165) is 40.9 Å². The lowest BCUT2D eigenvalue weighted by Crippen LogP contribution is -2.47. The standard InChI is InChI=1S/C19H19N3O/c23-19(22-18-8-11-7-17(18)20-10-11)12-5-6-16-14(9-12)13-3-1-2-4-15(13)21-16/h1-6,9,11,17-18,20-21H,7-8,10H2,(H,22,23). The van der Waals surface area contributed by atoms with Crippen molar-refractivity contribution in [2.24, 2.45) is 5.92 Å². The first-order valence-corrected chi connectivity index (χ1v) is 8.32. The molecule has 1 aliphatic carbocycles. The minimum atomic E-state index is 0.0385. The summed E-state index contributed by atoms with van der Waals surface area (Å²) in [6, 6.07) is 14.9. The predicted molar refractivity (Wildman–Crippen MR) is 91.6 cm³/mol. The highest BCUT2D eigenvalue weighted by atomic mass is 16.1. The summed E-state index contributed by atoms with van der Waals surface area (Å²) in [7, 11) is 0. The molecule has 4 nitrogen and oxygen atoms in total. The van der Waals surface area contributed by atoms with Gasteiger partial charge in [-0.2, -0.15) is 0 Å². The number of amides is 1. The van der Waals surface area contributed by atoms with E-state index in [1.54, 1.807) is 0 Å². The number of hydrogen-bond donors (Lipinski definition) is 3. The molecule has 2 fully saturated rings. The Morgan fingerprint density at radius 3 is 2.74 bits per heavy atom. The minimum Gasteiger partial charge on any atom is -0.355 e. The highest BCUT2D eigenvalue weighted by Gasteiger charge is 2.40. The molecule has 4 heteroatoms. The summed E-state index contributed by atoms with van der Waals surface area (Å²) in [6.07, 6.45) is 2.31. The molecule has 3 atom stereocenters. The van der Waals surface area contributed by atoms with Crippen LogP contribution >= 0.6 is 0 Å². The molecule has 2 bridgehead atoms. The zero-order valence-electron chi connectivity index (χ0n) is 12.8. The van der Waals surface area contributed by atoms with Gasteiger partial charge in [-0.3, -0.25) is 4.79 Å². The van der Waals surface area contributed by atoms with Gasteiger partial charge in [0.25, 0.3) is 5.91 Å². The Balaban J connectivity index is 1.47. The molecule has 2 aromatic carbocycles. The summed E-state index contributed by atoms with van der Waals surface area (Å²) < 4.78 is 0. The van der Waals surface area contributed by atoms with Crippen molar-refractivity contribution in [1.29, 1.82) is 0 Å². The first kappa shape index (κ1) is 13.1. The van der Waals surface area contributed by atoms with E-state index in [0.29, 0.717) is 6.04 Å². The monoisotopic (exact) mass is 305 g/mol. The SMILES string of the molecule is O=C(NC1CC2CNC1C2)c1ccc2[nH]c3ccccc3c2c1. The molecule has 116 valence electrons. The fourth-order valence-electron chi connectivity index (χ4n) is 4.25. The van der Waals surface area contributed by atoms with E-state index in [2.05, 4.69) is 27.8 Å². The molecule has 1 aliphatic heterocycles. The van der Waals surface area contributed by atoms with Crippen molar-refractivity contribution in [3.63, 3.8) is 0 Å². The predicted octanol–water partition coefficient (Wildman–Crippen LogP) is 2.80. The third-order valence-corrected chi connectivity index (χ3v) is 5.41. The molecule has 1 saturated carbocycles. The Morgan fingerprint density at radius 2 is 1.91 bits per heavy atom. The van der Waals surface area contributed by atoms with Gasteiger partial charge >= 0.3 is 0 Å². The van der Waals surface area contributed by atoms with E-state index in [-0.39, 0.29) is 11.9 Å². The van der Waals surface area contributed by atoms with Crippen LogP contribution in [0.3, 0.4) is 0 Å². The number of piperidine rings is 1. The number of para-hydroxylation sites is 1. The molecule has 1 amide bonds. The number of rotatable bonds is 2. The largest absolute Gasteiger partial charge is 0.355 e. The molecule has 3 unspecified atom stereocenters. The topological polar surface area (TPSA) is 56.9 Å². The second-order valence-corrected chi connectivity index (χ2v) is 6.86. The average molecular weight is 305 g/mol. The van der Waals surface area contributed by atoms with Crippen LogP contribution < -0.4 is 10.6 Å². The average Bonchev–Trinajstić information content (AvgIpc) is 3.27. The molecule has 1 aromatic heterocycles. The molecule has 0 radical (unpaired) electrons. The Morgan fingerprint density at radius 1 is 1.04 bits per heavy atom. The van der Waals surface area contributed by atoms with Crippen LogP contribution in [0, 0.1) is 5.92 Å². The van der Waals surface area contributed by atoms with Crippen molar-refractivity contribution in [2.45, 2.75) is 24.9 Å². The van der Waals surface area contributed by atoms with E-state index in [4.69, 9.17) is 0 Å². The van der Waals surface area contributed by atoms with Crippen molar-refractivity contribution in [3.05, 3.63) is 48.0 Å². The van der Waals surface area contributed by atoms with Crippen LogP contribution in [0.5, 0.6) is 0 Å². The van der Waals surface area contributed by atoms with Crippen molar-refractivity contribution in [2.75, 3.05) is 6.54 Å². The van der Waals surface area contributed by atoms with Gasteiger partial charge in [-0.05, 0) is 49.6 Å². The molecule has 0 spiro atoms. The molecule has 23 heavy (non-hydrogen) atoms. The zero-order valence-corrected chi connectivity index (χ0v) is 12.8. The molecular weight excluding hydrogens is 286 g/mol. The zero-order chi connectivity index (χ0) is 15.4. The lowest BCUT2D eigenvalue weighted by molar-refractivity contribution is 0.0928. The van der Waals surface area contributed by atoms with E-state index >= 15 is 0 Å². The normalized spacial score (nSPS) is 26.2. The van der Waals surface area contributed by atoms with Crippen LogP contribution in [0.15, 0.2) is 42.5 Å². The summed E-state index contributed by atoms with van der Waals surface area (Å²) in [5, 5.41) is 8.99. The smallest absolute Gasteiger partial charge is 0.251 e. The van der Waals surface area contributed by atoms with Gasteiger partial charge in [0.15, 0.2) is 0 Å². The van der Waals surface area contributed by atoms with Crippen molar-refractivity contribution < 1.29 is 4.79 Å². The van der Waals surface area contributed by atoms with Crippen molar-refractivity contribution in [1.82, 2.24) is 15.6 Å². The maximum absolute atomic E-state index is 12.6. The van der Waals surface area contributed by atoms with Gasteiger partial charge in [-0.15, -0.1) is 0 Å². The molecule has 3 N–H and O–H groups in total. The summed E-state index contributed by atoms with van der Waals surface area (Å²) in [4.78, 5) is 16.0. The van der Waals surface area contributed by atoms with Gasteiger partial charge in [0, 0.05) is 39.5 Å². The van der Waals surface area contributed by atoms with Crippen molar-refractivity contribution >= 4 is 27.7 Å². The Kier molecular flexibility index (Phi) is 2.76. The third-order valence-electron chi connectivity index (χ3n) is 5.41. The summed E-state index contributed by atoms with van der Waals surface area (Å²) in [5.74, 6) is 0.776. The lowest BCUT2D eigenvalue weighted by atomic mass is 10.1. The highest BCUT2D eigenvalue weighted by molar-refractivity contribution is 6.10. The van der Waals surface area contributed by atoms with E-state index in [9.17, 15) is 4.79 Å². The number of aromatic amines is 1.